The summed E-state index contributed by atoms with van der Waals surface area (Å²) in [5.74, 6) is -19.2. The molecule has 1 aromatic rings. The molecule has 0 aliphatic rings. The van der Waals surface area contributed by atoms with Gasteiger partial charge in [-0.25, -0.2) is 12.1 Å². The zero-order chi connectivity index (χ0) is 32.0. The van der Waals surface area contributed by atoms with Gasteiger partial charge < -0.3 is 16.0 Å². The van der Waals surface area contributed by atoms with E-state index in [0.717, 1.165) is 0 Å². The van der Waals surface area contributed by atoms with Crippen LogP contribution in [0.2, 0.25) is 0 Å². The predicted molar refractivity (Wildman–Crippen MR) is 146 cm³/mol. The molecule has 0 N–H and O–H groups in total. The molecule has 0 unspecified atom stereocenters. The van der Waals surface area contributed by atoms with E-state index < -0.39 is 30.7 Å². The minimum atomic E-state index is -7.72. The minimum absolute atomic E-state index is 0. The second kappa shape index (κ2) is 20.6. The molecule has 40 heavy (non-hydrogen) atoms. The molecule has 3 nitrogen and oxygen atoms in total. The number of nitrogens with zero attached hydrogens (tertiary/aromatic N) is 3. The molecule has 0 atom stereocenters. The van der Waals surface area contributed by atoms with Crippen molar-refractivity contribution in [2.45, 2.75) is 137 Å². The van der Waals surface area contributed by atoms with Gasteiger partial charge in [-0.15, -0.1) is 41.4 Å². The van der Waals surface area contributed by atoms with Crippen molar-refractivity contribution in [1.82, 2.24) is 0 Å². The third-order valence-corrected chi connectivity index (χ3v) is 7.91. The SMILES string of the molecule is CC(C)[N-]C(C)C.CC(C)[N-]C(C)C.CC(C)[N-]C(C)C.FC(F)(F)[Si]([c-]1cccc1)(C(F)(F)F)C(F)(F)F.[Hf+4]. The van der Waals surface area contributed by atoms with E-state index in [1.807, 2.05) is 0 Å². The molecule has 1 aromatic carbocycles. The zero-order valence-corrected chi connectivity index (χ0v) is 30.1. The molecule has 1 rings (SSSR count). The Balaban J connectivity index is -0.000000245. The van der Waals surface area contributed by atoms with Crippen LogP contribution in [0.5, 0.6) is 0 Å². The Labute approximate surface area is 255 Å². The average Bonchev–Trinajstić information content (AvgIpc) is 3.10. The summed E-state index contributed by atoms with van der Waals surface area (Å²) in [4.78, 5) is 0. The first-order valence-electron chi connectivity index (χ1n) is 12.8. The molecule has 14 heteroatoms. The average molecular weight is 778 g/mol. The van der Waals surface area contributed by atoms with Crippen LogP contribution in [0, 0.1) is 0 Å². The molecule has 0 spiro atoms. The van der Waals surface area contributed by atoms with Crippen LogP contribution in [0.4, 0.5) is 39.5 Å². The van der Waals surface area contributed by atoms with Crippen LogP contribution in [0.15, 0.2) is 24.3 Å². The number of rotatable bonds is 7. The fraction of sp³-hybridized carbons (Fsp3) is 0.808. The molecular weight excluding hydrogens is 732 g/mol. The monoisotopic (exact) mass is 779 g/mol. The summed E-state index contributed by atoms with van der Waals surface area (Å²) in [6, 6.07) is 4.84. The summed E-state index contributed by atoms with van der Waals surface area (Å²) in [7, 11) is -7.72. The molecule has 0 saturated carbocycles. The van der Waals surface area contributed by atoms with E-state index >= 15 is 0 Å². The molecule has 0 fully saturated rings. The second-order valence-corrected chi connectivity index (χ2v) is 14.2. The smallest absolute Gasteiger partial charge is 0.658 e. The van der Waals surface area contributed by atoms with Gasteiger partial charge in [0.1, 0.15) is 0 Å². The molecule has 0 aliphatic heterocycles. The first-order chi connectivity index (χ1) is 17.2. The maximum absolute atomic E-state index is 12.6. The van der Waals surface area contributed by atoms with E-state index in [-0.39, 0.29) is 38.0 Å². The van der Waals surface area contributed by atoms with Crippen molar-refractivity contribution in [3.05, 3.63) is 40.2 Å². The van der Waals surface area contributed by atoms with E-state index in [1.54, 1.807) is 0 Å². The van der Waals surface area contributed by atoms with Crippen LogP contribution in [0.1, 0.15) is 83.1 Å². The normalized spacial score (nSPS) is 12.6. The summed E-state index contributed by atoms with van der Waals surface area (Å²) in [6.45, 7) is 25.2. The zero-order valence-electron chi connectivity index (χ0n) is 25.5. The second-order valence-electron chi connectivity index (χ2n) is 10.4. The Bertz CT molecular complexity index is 627. The summed E-state index contributed by atoms with van der Waals surface area (Å²) in [5, 5.41) is 11.1. The molecule has 0 aliphatic carbocycles. The number of hydrogen-bond donors (Lipinski definition) is 0. The van der Waals surface area contributed by atoms with Crippen LogP contribution in [0.25, 0.3) is 16.0 Å². The van der Waals surface area contributed by atoms with E-state index in [0.29, 0.717) is 48.4 Å². The van der Waals surface area contributed by atoms with Crippen LogP contribution < -0.4 is 5.19 Å². The topological polar surface area (TPSA) is 42.3 Å². The molecule has 236 valence electrons. The van der Waals surface area contributed by atoms with Gasteiger partial charge in [0.25, 0.3) is 0 Å². The molecule has 0 heterocycles. The van der Waals surface area contributed by atoms with Crippen LogP contribution in [-0.2, 0) is 25.8 Å². The predicted octanol–water partition coefficient (Wildman–Crippen LogP) is 9.89. The maximum Gasteiger partial charge on any atom is 4.00 e. The van der Waals surface area contributed by atoms with Crippen LogP contribution in [-0.4, -0.2) is 61.7 Å². The van der Waals surface area contributed by atoms with Crippen molar-refractivity contribution < 1.29 is 65.4 Å². The molecule has 0 saturated heterocycles. The van der Waals surface area contributed by atoms with Crippen LogP contribution in [0.3, 0.4) is 0 Å². The number of hydrogen-bond acceptors (Lipinski definition) is 0. The fourth-order valence-electron chi connectivity index (χ4n) is 3.39. The van der Waals surface area contributed by atoms with Crippen LogP contribution >= 0.6 is 0 Å². The molecule has 0 amide bonds. The van der Waals surface area contributed by atoms with Gasteiger partial charge in [-0.1, -0.05) is 83.1 Å². The van der Waals surface area contributed by atoms with E-state index in [4.69, 9.17) is 0 Å². The molecule has 0 aromatic heterocycles. The summed E-state index contributed by atoms with van der Waals surface area (Å²) < 4.78 is 113. The summed E-state index contributed by atoms with van der Waals surface area (Å²) in [6.07, 6.45) is 0. The third-order valence-electron chi connectivity index (χ3n) is 4.16. The largest absolute Gasteiger partial charge is 4.00 e. The Morgan fingerprint density at radius 3 is 0.725 bits per heavy atom. The van der Waals surface area contributed by atoms with Gasteiger partial charge in [-0.3, -0.25) is 0 Å². The van der Waals surface area contributed by atoms with Gasteiger partial charge in [0.05, 0.1) is 0 Å². The van der Waals surface area contributed by atoms with E-state index in [1.165, 1.54) is 0 Å². The van der Waals surface area contributed by atoms with Gasteiger partial charge >= 0.3 is 51.3 Å². The quantitative estimate of drug-likeness (QED) is 0.150. The molecule has 0 bridgehead atoms. The third kappa shape index (κ3) is 19.0. The van der Waals surface area contributed by atoms with Crippen molar-refractivity contribution in [2.75, 3.05) is 0 Å². The first-order valence-corrected chi connectivity index (χ1v) is 14.8. The first kappa shape index (κ1) is 46.6. The molecule has 0 radical (unpaired) electrons. The van der Waals surface area contributed by atoms with Crippen molar-refractivity contribution in [3.63, 3.8) is 0 Å². The Kier molecular flexibility index (Phi) is 24.0. The van der Waals surface area contributed by atoms with Gasteiger partial charge in [-0.2, -0.15) is 51.6 Å². The Morgan fingerprint density at radius 1 is 0.450 bits per heavy atom. The van der Waals surface area contributed by atoms with Gasteiger partial charge in [0.2, 0.25) is 0 Å². The van der Waals surface area contributed by atoms with E-state index in [9.17, 15) is 39.5 Å². The fourth-order valence-corrected chi connectivity index (χ4v) is 6.02. The van der Waals surface area contributed by atoms with Crippen molar-refractivity contribution in [3.8, 4) is 0 Å². The number of halogens is 9. The maximum atomic E-state index is 12.6. The van der Waals surface area contributed by atoms with E-state index in [2.05, 4.69) is 99.0 Å². The standard InChI is InChI=1S/C8H4F9Si.3C6H14N.Hf/c9-6(10,11)18(7(12,13)14,8(15,16)17)5-3-1-2-4-5;3*1-5(2)7-6(3)4;/h1-4H;3*5-6H,1-4H3;/q4*-1;+4. The summed E-state index contributed by atoms with van der Waals surface area (Å²) in [5.41, 5.74) is 0. The van der Waals surface area contributed by atoms with Crippen molar-refractivity contribution >= 4 is 13.3 Å². The summed E-state index contributed by atoms with van der Waals surface area (Å²) >= 11 is 0. The number of alkyl halides is 9. The molecular formula is C26H46F9HfN3Si. The van der Waals surface area contributed by atoms with Crippen molar-refractivity contribution in [1.29, 1.82) is 0 Å². The van der Waals surface area contributed by atoms with Gasteiger partial charge in [0, 0.05) is 0 Å². The van der Waals surface area contributed by atoms with Crippen molar-refractivity contribution in [2.24, 2.45) is 0 Å². The Morgan fingerprint density at radius 2 is 0.625 bits per heavy atom. The van der Waals surface area contributed by atoms with Gasteiger partial charge in [-0.05, 0) is 0 Å². The minimum Gasteiger partial charge on any atom is -0.658 e. The Hall–Kier alpha value is -0.313. The van der Waals surface area contributed by atoms with Gasteiger partial charge in [0.15, 0.2) is 0 Å².